The van der Waals surface area contributed by atoms with E-state index in [2.05, 4.69) is 40.8 Å². The van der Waals surface area contributed by atoms with E-state index < -0.39 is 12.1 Å². The van der Waals surface area contributed by atoms with Crippen LogP contribution in [0.2, 0.25) is 5.02 Å². The van der Waals surface area contributed by atoms with Gasteiger partial charge in [-0.2, -0.15) is 0 Å². The van der Waals surface area contributed by atoms with Crippen molar-refractivity contribution in [2.45, 2.75) is 82.0 Å². The van der Waals surface area contributed by atoms with Crippen molar-refractivity contribution in [2.24, 2.45) is 11.8 Å². The van der Waals surface area contributed by atoms with Crippen LogP contribution in [0.15, 0.2) is 54.6 Å². The summed E-state index contributed by atoms with van der Waals surface area (Å²) < 4.78 is 5.96. The fourth-order valence-electron chi connectivity index (χ4n) is 9.01. The molecular formula is C39H52ClN5O4. The average molecular weight is 690 g/mol. The van der Waals surface area contributed by atoms with Gasteiger partial charge in [-0.1, -0.05) is 48.9 Å². The number of rotatable bonds is 7. The van der Waals surface area contributed by atoms with Crippen LogP contribution in [0.1, 0.15) is 63.4 Å². The molecule has 7 rings (SSSR count). The Morgan fingerprint density at radius 3 is 2.20 bits per heavy atom. The first-order chi connectivity index (χ1) is 23.8. The molecule has 0 aromatic heterocycles. The SMILES string of the molecule is CC1CCC(N(C(=O)[C@@H]2CCCO2)[C@H]2C[C@H](C(=O)N3CCN(C)CC3)N(C(=O)[C@@H]3CN(c4ccccc4)C[C@H]3c3ccc(Cl)cc3)C2)CC1. The van der Waals surface area contributed by atoms with Gasteiger partial charge in [-0.3, -0.25) is 14.4 Å². The number of likely N-dealkylation sites (tertiary alicyclic amines) is 1. The highest BCUT2D eigenvalue weighted by Crippen LogP contribution is 2.40. The smallest absolute Gasteiger partial charge is 0.252 e. The standard InChI is InChI=1S/C39H52ClN5O4/c1-27-10-16-31(17-11-27)45(39(48)36-9-6-22-49-36)32-23-35(38(47)42-20-18-41(2)19-21-42)44(24-32)37(46)34-26-43(30-7-4-3-5-8-30)25-33(34)28-12-14-29(40)15-13-28/h3-5,7-8,12-15,27,31-36H,6,9-11,16-26H2,1-2H3/t27?,31?,32-,33-,34+,35+,36-/m0/s1. The molecule has 9 nitrogen and oxygen atoms in total. The minimum Gasteiger partial charge on any atom is -0.370 e. The number of likely N-dealkylation sites (N-methyl/N-ethyl adjacent to an activating group) is 1. The van der Waals surface area contributed by atoms with Gasteiger partial charge >= 0.3 is 0 Å². The van der Waals surface area contributed by atoms with E-state index in [0.717, 1.165) is 62.9 Å². The fourth-order valence-corrected chi connectivity index (χ4v) is 9.14. The van der Waals surface area contributed by atoms with Crippen LogP contribution in [-0.4, -0.2) is 121 Å². The first-order valence-electron chi connectivity index (χ1n) is 18.5. The molecule has 4 saturated heterocycles. The lowest BCUT2D eigenvalue weighted by molar-refractivity contribution is -0.148. The molecule has 49 heavy (non-hydrogen) atoms. The minimum absolute atomic E-state index is 0.00939. The molecule has 5 atom stereocenters. The summed E-state index contributed by atoms with van der Waals surface area (Å²) in [6, 6.07) is 17.4. The Hall–Kier alpha value is -3.14. The summed E-state index contributed by atoms with van der Waals surface area (Å²) in [7, 11) is 2.08. The zero-order valence-corrected chi connectivity index (χ0v) is 29.8. The number of amides is 3. The highest BCUT2D eigenvalue weighted by atomic mass is 35.5. The van der Waals surface area contributed by atoms with Gasteiger partial charge in [-0.25, -0.2) is 0 Å². The summed E-state index contributed by atoms with van der Waals surface area (Å²) in [6.45, 7) is 7.46. The van der Waals surface area contributed by atoms with E-state index in [0.29, 0.717) is 56.7 Å². The first kappa shape index (κ1) is 34.3. The number of anilines is 1. The lowest BCUT2D eigenvalue weighted by Crippen LogP contribution is -2.54. The van der Waals surface area contributed by atoms with Gasteiger partial charge in [0.15, 0.2) is 0 Å². The van der Waals surface area contributed by atoms with Crippen molar-refractivity contribution < 1.29 is 19.1 Å². The van der Waals surface area contributed by atoms with Crippen molar-refractivity contribution in [3.8, 4) is 0 Å². The number of carbonyl (C=O) groups excluding carboxylic acids is 3. The fraction of sp³-hybridized carbons (Fsp3) is 0.615. The second-order valence-electron chi connectivity index (χ2n) is 15.2. The van der Waals surface area contributed by atoms with E-state index in [1.807, 2.05) is 52.3 Å². The topological polar surface area (TPSA) is 76.6 Å². The van der Waals surface area contributed by atoms with E-state index in [9.17, 15) is 9.59 Å². The summed E-state index contributed by atoms with van der Waals surface area (Å²) in [6.07, 6.45) is 5.73. The van der Waals surface area contributed by atoms with E-state index >= 15 is 4.79 Å². The largest absolute Gasteiger partial charge is 0.370 e. The van der Waals surface area contributed by atoms with Crippen LogP contribution in [0.5, 0.6) is 0 Å². The van der Waals surface area contributed by atoms with Crippen LogP contribution in [0.3, 0.4) is 0 Å². The van der Waals surface area contributed by atoms with Gasteiger partial charge in [-0.05, 0) is 87.7 Å². The molecule has 264 valence electrons. The highest BCUT2D eigenvalue weighted by Gasteiger charge is 2.51. The molecule has 1 saturated carbocycles. The minimum atomic E-state index is -0.597. The molecule has 0 spiro atoms. The molecule has 5 fully saturated rings. The Labute approximate surface area is 296 Å². The number of carbonyl (C=O) groups is 3. The molecule has 2 aromatic carbocycles. The van der Waals surface area contributed by atoms with Crippen LogP contribution < -0.4 is 4.90 Å². The molecule has 4 aliphatic heterocycles. The number of nitrogens with zero attached hydrogens (tertiary/aromatic N) is 5. The quantitative estimate of drug-likeness (QED) is 0.412. The molecular weight excluding hydrogens is 638 g/mol. The maximum absolute atomic E-state index is 15.1. The summed E-state index contributed by atoms with van der Waals surface area (Å²) in [5, 5.41) is 0.665. The van der Waals surface area contributed by atoms with E-state index in [1.54, 1.807) is 0 Å². The summed E-state index contributed by atoms with van der Waals surface area (Å²) >= 11 is 6.30. The van der Waals surface area contributed by atoms with E-state index in [-0.39, 0.29) is 41.6 Å². The van der Waals surface area contributed by atoms with Gasteiger partial charge in [0.25, 0.3) is 5.91 Å². The van der Waals surface area contributed by atoms with Crippen molar-refractivity contribution in [3.63, 3.8) is 0 Å². The third-order valence-corrected chi connectivity index (χ3v) is 12.2. The zero-order chi connectivity index (χ0) is 34.1. The van der Waals surface area contributed by atoms with Crippen molar-refractivity contribution in [3.05, 3.63) is 65.2 Å². The molecule has 0 N–H and O–H groups in total. The molecule has 5 aliphatic rings. The Morgan fingerprint density at radius 1 is 0.816 bits per heavy atom. The Bertz CT molecular complexity index is 1450. The molecule has 2 aromatic rings. The van der Waals surface area contributed by atoms with Crippen LogP contribution in [0.4, 0.5) is 5.69 Å². The number of ether oxygens (including phenoxy) is 1. The van der Waals surface area contributed by atoms with Gasteiger partial charge < -0.3 is 29.2 Å². The Kier molecular flexibility index (Phi) is 10.5. The summed E-state index contributed by atoms with van der Waals surface area (Å²) in [5.41, 5.74) is 2.16. The molecule has 10 heteroatoms. The third-order valence-electron chi connectivity index (χ3n) is 12.0. The predicted molar refractivity (Wildman–Crippen MR) is 192 cm³/mol. The van der Waals surface area contributed by atoms with Gasteiger partial charge in [0.2, 0.25) is 11.8 Å². The van der Waals surface area contributed by atoms with Gasteiger partial charge in [-0.15, -0.1) is 0 Å². The Morgan fingerprint density at radius 2 is 1.53 bits per heavy atom. The first-order valence-corrected chi connectivity index (χ1v) is 18.9. The second-order valence-corrected chi connectivity index (χ2v) is 15.6. The Balaban J connectivity index is 1.21. The van der Waals surface area contributed by atoms with Crippen LogP contribution in [0, 0.1) is 11.8 Å². The maximum atomic E-state index is 15.1. The predicted octanol–water partition coefficient (Wildman–Crippen LogP) is 4.89. The lowest BCUT2D eigenvalue weighted by atomic mass is 9.85. The molecule has 1 aliphatic carbocycles. The van der Waals surface area contributed by atoms with Gasteiger partial charge in [0, 0.05) is 75.1 Å². The monoisotopic (exact) mass is 689 g/mol. The van der Waals surface area contributed by atoms with E-state index in [4.69, 9.17) is 16.3 Å². The van der Waals surface area contributed by atoms with Crippen LogP contribution in [-0.2, 0) is 19.1 Å². The second kappa shape index (κ2) is 15.0. The molecule has 4 heterocycles. The number of benzene rings is 2. The summed E-state index contributed by atoms with van der Waals surface area (Å²) in [5.74, 6) is 0.316. The number of hydrogen-bond donors (Lipinski definition) is 0. The molecule has 3 amide bonds. The van der Waals surface area contributed by atoms with Crippen LogP contribution >= 0.6 is 11.6 Å². The van der Waals surface area contributed by atoms with Gasteiger partial charge in [0.05, 0.1) is 12.0 Å². The molecule has 0 bridgehead atoms. The molecule has 0 radical (unpaired) electrons. The summed E-state index contributed by atoms with van der Waals surface area (Å²) in [4.78, 5) is 54.4. The van der Waals surface area contributed by atoms with Crippen LogP contribution in [0.25, 0.3) is 0 Å². The van der Waals surface area contributed by atoms with Crippen molar-refractivity contribution in [1.29, 1.82) is 0 Å². The number of piperazine rings is 1. The van der Waals surface area contributed by atoms with Crippen molar-refractivity contribution >= 4 is 35.0 Å². The van der Waals surface area contributed by atoms with Crippen molar-refractivity contribution in [1.82, 2.24) is 19.6 Å². The third kappa shape index (κ3) is 7.35. The average Bonchev–Trinajstić information content (AvgIpc) is 3.91. The number of para-hydroxylation sites is 1. The highest BCUT2D eigenvalue weighted by molar-refractivity contribution is 6.30. The van der Waals surface area contributed by atoms with Crippen molar-refractivity contribution in [2.75, 3.05) is 64.4 Å². The number of halogens is 1. The van der Waals surface area contributed by atoms with Gasteiger partial charge in [0.1, 0.15) is 12.1 Å². The normalized spacial score (nSPS) is 30.9. The zero-order valence-electron chi connectivity index (χ0n) is 29.1. The number of hydrogen-bond acceptors (Lipinski definition) is 6. The molecule has 0 unspecified atom stereocenters. The van der Waals surface area contributed by atoms with E-state index in [1.165, 1.54) is 0 Å². The maximum Gasteiger partial charge on any atom is 0.252 e. The lowest BCUT2D eigenvalue weighted by Gasteiger charge is -2.41.